The van der Waals surface area contributed by atoms with Crippen molar-refractivity contribution in [3.05, 3.63) is 36.8 Å². The van der Waals surface area contributed by atoms with Gasteiger partial charge in [0, 0.05) is 5.57 Å². The molecule has 1 unspecified atom stereocenters. The second-order valence-corrected chi connectivity index (χ2v) is 11.4. The molecule has 6 heteroatoms. The van der Waals surface area contributed by atoms with E-state index in [2.05, 4.69) is 19.7 Å². The van der Waals surface area contributed by atoms with Gasteiger partial charge < -0.3 is 23.7 Å². The van der Waals surface area contributed by atoms with Gasteiger partial charge in [-0.25, -0.2) is 4.79 Å². The van der Waals surface area contributed by atoms with Crippen LogP contribution in [0.2, 0.25) is 0 Å². The molecule has 37 heavy (non-hydrogen) atoms. The zero-order valence-electron chi connectivity index (χ0n) is 23.8. The minimum absolute atomic E-state index is 0.260. The molecule has 0 aromatic carbocycles. The normalized spacial score (nSPS) is 24.6. The van der Waals surface area contributed by atoms with Crippen molar-refractivity contribution in [3.63, 3.8) is 0 Å². The third kappa shape index (κ3) is 13.5. The van der Waals surface area contributed by atoms with E-state index in [0.29, 0.717) is 54.7 Å². The van der Waals surface area contributed by atoms with E-state index in [-0.39, 0.29) is 19.6 Å². The van der Waals surface area contributed by atoms with Crippen LogP contribution in [0.15, 0.2) is 36.8 Å². The summed E-state index contributed by atoms with van der Waals surface area (Å²) in [6, 6.07) is 0. The Morgan fingerprint density at radius 1 is 0.730 bits per heavy atom. The zero-order chi connectivity index (χ0) is 27.0. The van der Waals surface area contributed by atoms with Crippen LogP contribution in [0.5, 0.6) is 0 Å². The van der Waals surface area contributed by atoms with E-state index < -0.39 is 0 Å². The van der Waals surface area contributed by atoms with E-state index in [1.807, 2.05) is 13.8 Å². The molecule has 0 N–H and O–H groups in total. The Balaban J connectivity index is 1.67. The Morgan fingerprint density at radius 3 is 1.84 bits per heavy atom. The lowest BCUT2D eigenvalue weighted by atomic mass is 9.70. The first kappa shape index (κ1) is 31.4. The van der Waals surface area contributed by atoms with Gasteiger partial charge in [0.05, 0.1) is 31.3 Å². The fourth-order valence-electron chi connectivity index (χ4n) is 5.80. The van der Waals surface area contributed by atoms with Crippen LogP contribution in [0, 0.1) is 29.6 Å². The summed E-state index contributed by atoms with van der Waals surface area (Å²) in [5.41, 5.74) is 0.482. The highest BCUT2D eigenvalue weighted by Gasteiger charge is 2.30. The second-order valence-electron chi connectivity index (χ2n) is 11.4. The van der Waals surface area contributed by atoms with E-state index in [1.165, 1.54) is 57.8 Å². The molecule has 0 spiro atoms. The van der Waals surface area contributed by atoms with Crippen molar-refractivity contribution in [1.29, 1.82) is 0 Å². The maximum atomic E-state index is 11.6. The van der Waals surface area contributed by atoms with Crippen LogP contribution in [0.25, 0.3) is 0 Å². The van der Waals surface area contributed by atoms with Gasteiger partial charge in [-0.2, -0.15) is 0 Å². The van der Waals surface area contributed by atoms with Gasteiger partial charge in [-0.05, 0) is 82.5 Å². The van der Waals surface area contributed by atoms with Gasteiger partial charge in [0.15, 0.2) is 13.6 Å². The van der Waals surface area contributed by atoms with Crippen LogP contribution in [-0.2, 0) is 28.5 Å². The lowest BCUT2D eigenvalue weighted by molar-refractivity contribution is -0.139. The summed E-state index contributed by atoms with van der Waals surface area (Å²) in [6.07, 6.45) is 13.7. The van der Waals surface area contributed by atoms with Crippen LogP contribution in [0.1, 0.15) is 91.4 Å². The lowest BCUT2D eigenvalue weighted by Gasteiger charge is -2.36. The summed E-state index contributed by atoms with van der Waals surface area (Å²) in [7, 11) is 0. The number of hydrogen-bond acceptors (Lipinski definition) is 6. The lowest BCUT2D eigenvalue weighted by Crippen LogP contribution is -2.28. The van der Waals surface area contributed by atoms with E-state index >= 15 is 0 Å². The minimum atomic E-state index is -0.261. The molecule has 0 aliphatic heterocycles. The maximum absolute atomic E-state index is 11.6. The van der Waals surface area contributed by atoms with Crippen molar-refractivity contribution in [2.45, 2.75) is 91.4 Å². The van der Waals surface area contributed by atoms with Gasteiger partial charge in [-0.3, -0.25) is 0 Å². The molecule has 2 saturated carbocycles. The monoisotopic (exact) mass is 520 g/mol. The first-order chi connectivity index (χ1) is 17.7. The molecule has 0 saturated heterocycles. The molecule has 6 nitrogen and oxygen atoms in total. The number of esters is 1. The Morgan fingerprint density at radius 2 is 1.27 bits per heavy atom. The summed E-state index contributed by atoms with van der Waals surface area (Å²) in [6.45, 7) is 18.9. The molecule has 0 heterocycles. The number of hydrogen-bond donors (Lipinski definition) is 0. The maximum Gasteiger partial charge on any atom is 0.333 e. The number of carbonyl (C=O) groups excluding carboxylic acids is 1. The first-order valence-corrected chi connectivity index (χ1v) is 14.3. The smallest absolute Gasteiger partial charge is 0.333 e. The van der Waals surface area contributed by atoms with Gasteiger partial charge in [-0.15, -0.1) is 0 Å². The highest BCUT2D eigenvalue weighted by Crippen LogP contribution is 2.41. The minimum Gasteiger partial charge on any atom is -0.473 e. The van der Waals surface area contributed by atoms with Crippen LogP contribution < -0.4 is 0 Å². The standard InChI is InChI=1S/C31H52O6/c1-23(2)31(32)35-18-15-26-7-9-27(10-8-26)19-28-11-13-29(14-12-28)30(20-34-22-37-25(5)6)16-17-33-21-36-24(3)4/h26-30H,1,3,5,7-22H2,2,4,6H3. The second kappa shape index (κ2) is 17.7. The van der Waals surface area contributed by atoms with Crippen LogP contribution >= 0.6 is 0 Å². The SMILES string of the molecule is C=C(C)OCOCCC(COCOC(=C)C)C1CCC(CC2CCC(CCOC(=O)C(=C)C)CC2)CC1. The molecular formula is C31H52O6. The average Bonchev–Trinajstić information content (AvgIpc) is 2.86. The van der Waals surface area contributed by atoms with Crippen molar-refractivity contribution < 1.29 is 28.5 Å². The Bertz CT molecular complexity index is 700. The summed E-state index contributed by atoms with van der Waals surface area (Å²) >= 11 is 0. The molecule has 0 aromatic rings. The molecule has 0 radical (unpaired) electrons. The van der Waals surface area contributed by atoms with Gasteiger partial charge in [0.2, 0.25) is 0 Å². The molecule has 2 aliphatic rings. The largest absolute Gasteiger partial charge is 0.473 e. The zero-order valence-corrected chi connectivity index (χ0v) is 23.8. The van der Waals surface area contributed by atoms with Gasteiger partial charge in [0.1, 0.15) is 0 Å². The van der Waals surface area contributed by atoms with E-state index in [4.69, 9.17) is 23.7 Å². The average molecular weight is 521 g/mol. The van der Waals surface area contributed by atoms with Crippen LogP contribution in [0.3, 0.4) is 0 Å². The van der Waals surface area contributed by atoms with E-state index in [9.17, 15) is 4.79 Å². The Labute approximate surface area is 225 Å². The third-order valence-corrected chi connectivity index (χ3v) is 8.04. The summed E-state index contributed by atoms with van der Waals surface area (Å²) in [5.74, 6) is 4.63. The number of ether oxygens (including phenoxy) is 5. The number of rotatable bonds is 18. The molecule has 2 rings (SSSR count). The van der Waals surface area contributed by atoms with Crippen molar-refractivity contribution in [1.82, 2.24) is 0 Å². The first-order valence-electron chi connectivity index (χ1n) is 14.3. The highest BCUT2D eigenvalue weighted by molar-refractivity contribution is 5.86. The summed E-state index contributed by atoms with van der Waals surface area (Å²) in [5, 5.41) is 0. The topological polar surface area (TPSA) is 63.2 Å². The molecule has 0 amide bonds. The molecule has 212 valence electrons. The predicted molar refractivity (Wildman–Crippen MR) is 147 cm³/mol. The molecule has 0 bridgehead atoms. The predicted octanol–water partition coefficient (Wildman–Crippen LogP) is 7.55. The third-order valence-electron chi connectivity index (χ3n) is 8.04. The Kier molecular flexibility index (Phi) is 15.0. The fraction of sp³-hybridized carbons (Fsp3) is 0.774. The number of allylic oxidation sites excluding steroid dienone is 2. The molecule has 1 atom stereocenters. The van der Waals surface area contributed by atoms with Gasteiger partial charge >= 0.3 is 5.97 Å². The van der Waals surface area contributed by atoms with Crippen LogP contribution in [-0.4, -0.2) is 39.4 Å². The molecule has 0 aromatic heterocycles. The van der Waals surface area contributed by atoms with Gasteiger partial charge in [0.25, 0.3) is 0 Å². The number of carbonyl (C=O) groups is 1. The van der Waals surface area contributed by atoms with Gasteiger partial charge in [-0.1, -0.05) is 58.3 Å². The molecule has 2 aliphatic carbocycles. The fourth-order valence-corrected chi connectivity index (χ4v) is 5.80. The summed E-state index contributed by atoms with van der Waals surface area (Å²) < 4.78 is 27.5. The van der Waals surface area contributed by atoms with Crippen molar-refractivity contribution >= 4 is 5.97 Å². The molecular weight excluding hydrogens is 468 g/mol. The van der Waals surface area contributed by atoms with Crippen molar-refractivity contribution in [2.75, 3.05) is 33.4 Å². The van der Waals surface area contributed by atoms with E-state index in [0.717, 1.165) is 24.7 Å². The highest BCUT2D eigenvalue weighted by atomic mass is 16.7. The quantitative estimate of drug-likeness (QED) is 0.0611. The molecule has 2 fully saturated rings. The van der Waals surface area contributed by atoms with Crippen molar-refractivity contribution in [3.8, 4) is 0 Å². The Hall–Kier alpha value is -1.79. The summed E-state index contributed by atoms with van der Waals surface area (Å²) in [4.78, 5) is 11.6. The van der Waals surface area contributed by atoms with Crippen molar-refractivity contribution in [2.24, 2.45) is 29.6 Å². The van der Waals surface area contributed by atoms with Crippen LogP contribution in [0.4, 0.5) is 0 Å². The van der Waals surface area contributed by atoms with E-state index in [1.54, 1.807) is 6.92 Å².